The number of pyridine rings is 1. The summed E-state index contributed by atoms with van der Waals surface area (Å²) in [5, 5.41) is 0.191. The van der Waals surface area contributed by atoms with Crippen LogP contribution in [-0.2, 0) is 0 Å². The summed E-state index contributed by atoms with van der Waals surface area (Å²) in [6, 6.07) is 3.96. The standard InChI is InChI=1S/C8H8N2S2/c1-5(11)6-2-3-7-8(10-6)12-4-9-7/h2-5,11H,1H3. The first kappa shape index (κ1) is 8.01. The Labute approximate surface area is 80.1 Å². The van der Waals surface area contributed by atoms with E-state index >= 15 is 0 Å². The van der Waals surface area contributed by atoms with Crippen molar-refractivity contribution in [1.29, 1.82) is 0 Å². The predicted molar refractivity (Wildman–Crippen MR) is 54.8 cm³/mol. The monoisotopic (exact) mass is 196 g/mol. The average Bonchev–Trinajstić information content (AvgIpc) is 2.49. The maximum absolute atomic E-state index is 4.41. The van der Waals surface area contributed by atoms with Gasteiger partial charge in [0.15, 0.2) is 0 Å². The number of nitrogens with zero attached hydrogens (tertiary/aromatic N) is 2. The van der Waals surface area contributed by atoms with Crippen LogP contribution in [0.3, 0.4) is 0 Å². The second kappa shape index (κ2) is 3.03. The molecule has 0 radical (unpaired) electrons. The SMILES string of the molecule is CC(S)c1ccc2ncsc2n1. The van der Waals surface area contributed by atoms with Crippen LogP contribution >= 0.6 is 24.0 Å². The highest BCUT2D eigenvalue weighted by Crippen LogP contribution is 2.21. The zero-order valence-corrected chi connectivity index (χ0v) is 8.27. The van der Waals surface area contributed by atoms with Gasteiger partial charge in [0.2, 0.25) is 0 Å². The van der Waals surface area contributed by atoms with Gasteiger partial charge in [-0.1, -0.05) is 0 Å². The molecule has 1 atom stereocenters. The first-order valence-electron chi connectivity index (χ1n) is 3.65. The molecule has 12 heavy (non-hydrogen) atoms. The second-order valence-electron chi connectivity index (χ2n) is 2.59. The summed E-state index contributed by atoms with van der Waals surface area (Å²) in [4.78, 5) is 9.56. The van der Waals surface area contributed by atoms with E-state index < -0.39 is 0 Å². The van der Waals surface area contributed by atoms with Crippen molar-refractivity contribution in [1.82, 2.24) is 9.97 Å². The van der Waals surface area contributed by atoms with Gasteiger partial charge < -0.3 is 0 Å². The molecular formula is C8H8N2S2. The molecule has 0 bridgehead atoms. The number of aromatic nitrogens is 2. The highest BCUT2D eigenvalue weighted by molar-refractivity contribution is 7.80. The third kappa shape index (κ3) is 1.32. The minimum atomic E-state index is 0.191. The minimum absolute atomic E-state index is 0.191. The molecule has 0 aliphatic rings. The van der Waals surface area contributed by atoms with Crippen LogP contribution in [0.5, 0.6) is 0 Å². The number of hydrogen-bond donors (Lipinski definition) is 1. The molecule has 0 saturated carbocycles. The van der Waals surface area contributed by atoms with Gasteiger partial charge in [0.25, 0.3) is 0 Å². The van der Waals surface area contributed by atoms with Crippen LogP contribution in [0.2, 0.25) is 0 Å². The van der Waals surface area contributed by atoms with E-state index in [0.29, 0.717) is 0 Å². The lowest BCUT2D eigenvalue weighted by molar-refractivity contribution is 1.04. The second-order valence-corrected chi connectivity index (χ2v) is 4.20. The molecule has 4 heteroatoms. The number of thiol groups is 1. The van der Waals surface area contributed by atoms with Crippen molar-refractivity contribution in [2.24, 2.45) is 0 Å². The third-order valence-corrected chi connectivity index (χ3v) is 2.64. The van der Waals surface area contributed by atoms with Crippen LogP contribution < -0.4 is 0 Å². The summed E-state index contributed by atoms with van der Waals surface area (Å²) in [6.07, 6.45) is 0. The van der Waals surface area contributed by atoms with E-state index in [2.05, 4.69) is 22.6 Å². The van der Waals surface area contributed by atoms with Crippen molar-refractivity contribution in [2.75, 3.05) is 0 Å². The first-order chi connectivity index (χ1) is 5.77. The van der Waals surface area contributed by atoms with Crippen molar-refractivity contribution in [3.63, 3.8) is 0 Å². The smallest absolute Gasteiger partial charge is 0.143 e. The quantitative estimate of drug-likeness (QED) is 0.710. The van der Waals surface area contributed by atoms with Crippen molar-refractivity contribution in [2.45, 2.75) is 12.2 Å². The van der Waals surface area contributed by atoms with Gasteiger partial charge in [-0.05, 0) is 19.1 Å². The van der Waals surface area contributed by atoms with Gasteiger partial charge in [-0.2, -0.15) is 12.6 Å². The van der Waals surface area contributed by atoms with Crippen molar-refractivity contribution in [3.05, 3.63) is 23.3 Å². The minimum Gasteiger partial charge on any atom is -0.243 e. The molecular weight excluding hydrogens is 188 g/mol. The Morgan fingerprint density at radius 1 is 1.50 bits per heavy atom. The highest BCUT2D eigenvalue weighted by Gasteiger charge is 2.03. The van der Waals surface area contributed by atoms with E-state index in [1.54, 1.807) is 11.3 Å². The molecule has 2 aromatic heterocycles. The Hall–Kier alpha value is -0.610. The zero-order chi connectivity index (χ0) is 8.55. The number of thiazole rings is 1. The molecule has 0 fully saturated rings. The molecule has 2 rings (SSSR count). The Balaban J connectivity index is 2.60. The summed E-state index contributed by atoms with van der Waals surface area (Å²) in [7, 11) is 0. The molecule has 0 aliphatic carbocycles. The largest absolute Gasteiger partial charge is 0.243 e. The van der Waals surface area contributed by atoms with Gasteiger partial charge in [-0.25, -0.2) is 9.97 Å². The Kier molecular flexibility index (Phi) is 2.02. The summed E-state index contributed by atoms with van der Waals surface area (Å²) in [5.74, 6) is 0. The van der Waals surface area contributed by atoms with Crippen LogP contribution in [0, 0.1) is 0 Å². The molecule has 1 unspecified atom stereocenters. The average molecular weight is 196 g/mol. The van der Waals surface area contributed by atoms with Crippen molar-refractivity contribution < 1.29 is 0 Å². The van der Waals surface area contributed by atoms with Crippen LogP contribution in [0.15, 0.2) is 17.6 Å². The fourth-order valence-corrected chi connectivity index (χ4v) is 1.81. The molecule has 0 amide bonds. The zero-order valence-electron chi connectivity index (χ0n) is 6.56. The maximum Gasteiger partial charge on any atom is 0.143 e. The molecule has 2 aromatic rings. The fraction of sp³-hybridized carbons (Fsp3) is 0.250. The topological polar surface area (TPSA) is 25.8 Å². The maximum atomic E-state index is 4.41. The van der Waals surface area contributed by atoms with Gasteiger partial charge >= 0.3 is 0 Å². The van der Waals surface area contributed by atoms with Gasteiger partial charge in [0.1, 0.15) is 4.83 Å². The number of fused-ring (bicyclic) bond motifs is 1. The van der Waals surface area contributed by atoms with Crippen LogP contribution in [0.25, 0.3) is 10.3 Å². The molecule has 0 N–H and O–H groups in total. The third-order valence-electron chi connectivity index (χ3n) is 1.65. The molecule has 2 heterocycles. The van der Waals surface area contributed by atoms with E-state index in [1.165, 1.54) is 0 Å². The molecule has 0 spiro atoms. The van der Waals surface area contributed by atoms with E-state index in [0.717, 1.165) is 16.0 Å². The number of rotatable bonds is 1. The highest BCUT2D eigenvalue weighted by atomic mass is 32.1. The van der Waals surface area contributed by atoms with E-state index in [1.807, 2.05) is 24.6 Å². The van der Waals surface area contributed by atoms with Crippen molar-refractivity contribution >= 4 is 34.3 Å². The predicted octanol–water partition coefficient (Wildman–Crippen LogP) is 2.68. The fourth-order valence-electron chi connectivity index (χ4n) is 0.998. The van der Waals surface area contributed by atoms with E-state index in [-0.39, 0.29) is 5.25 Å². The van der Waals surface area contributed by atoms with Crippen LogP contribution in [0.1, 0.15) is 17.9 Å². The van der Waals surface area contributed by atoms with E-state index in [4.69, 9.17) is 0 Å². The molecule has 2 nitrogen and oxygen atoms in total. The Morgan fingerprint density at radius 3 is 3.08 bits per heavy atom. The molecule has 62 valence electrons. The van der Waals surface area contributed by atoms with Gasteiger partial charge in [-0.15, -0.1) is 11.3 Å². The van der Waals surface area contributed by atoms with Gasteiger partial charge in [0, 0.05) is 5.25 Å². The molecule has 0 aliphatic heterocycles. The summed E-state index contributed by atoms with van der Waals surface area (Å²) in [5.41, 5.74) is 3.79. The number of hydrogen-bond acceptors (Lipinski definition) is 4. The van der Waals surface area contributed by atoms with Gasteiger partial charge in [-0.3, -0.25) is 0 Å². The molecule has 0 aromatic carbocycles. The van der Waals surface area contributed by atoms with Crippen LogP contribution in [-0.4, -0.2) is 9.97 Å². The lowest BCUT2D eigenvalue weighted by atomic mass is 10.3. The van der Waals surface area contributed by atoms with Gasteiger partial charge in [0.05, 0.1) is 16.7 Å². The van der Waals surface area contributed by atoms with Crippen LogP contribution in [0.4, 0.5) is 0 Å². The van der Waals surface area contributed by atoms with Crippen molar-refractivity contribution in [3.8, 4) is 0 Å². The summed E-state index contributed by atoms with van der Waals surface area (Å²) in [6.45, 7) is 2.01. The molecule has 0 saturated heterocycles. The normalized spacial score (nSPS) is 13.5. The lowest BCUT2D eigenvalue weighted by Crippen LogP contribution is -1.88. The Bertz CT molecular complexity index is 395. The summed E-state index contributed by atoms with van der Waals surface area (Å²) >= 11 is 5.88. The Morgan fingerprint density at radius 2 is 2.33 bits per heavy atom. The van der Waals surface area contributed by atoms with E-state index in [9.17, 15) is 0 Å². The lowest BCUT2D eigenvalue weighted by Gasteiger charge is -2.01. The first-order valence-corrected chi connectivity index (χ1v) is 5.05. The summed E-state index contributed by atoms with van der Waals surface area (Å²) < 4.78 is 0.